The highest BCUT2D eigenvalue weighted by atomic mass is 16.6. The van der Waals surface area contributed by atoms with Gasteiger partial charge in [0.1, 0.15) is 0 Å². The Morgan fingerprint density at radius 2 is 1.77 bits per heavy atom. The van der Waals surface area contributed by atoms with E-state index in [4.69, 9.17) is 14.2 Å². The topological polar surface area (TPSA) is 77.2 Å². The van der Waals surface area contributed by atoms with Gasteiger partial charge in [0, 0.05) is 6.61 Å². The van der Waals surface area contributed by atoms with Gasteiger partial charge in [-0.05, 0) is 25.2 Å². The number of amides is 1. The van der Waals surface area contributed by atoms with Crippen LogP contribution in [0.1, 0.15) is 41.0 Å². The lowest BCUT2D eigenvalue weighted by Crippen LogP contribution is -2.42. The second-order valence-corrected chi connectivity index (χ2v) is 6.50. The van der Waals surface area contributed by atoms with Crippen molar-refractivity contribution in [2.24, 2.45) is 11.8 Å². The number of carbonyl (C=O) groups excluding carboxylic acids is 2. The Kier molecular flexibility index (Phi) is 7.82. The zero-order chi connectivity index (χ0) is 16.7. The van der Waals surface area contributed by atoms with Gasteiger partial charge in [-0.15, -0.1) is 0 Å². The lowest BCUT2D eigenvalue weighted by Gasteiger charge is -2.21. The molecule has 6 nitrogen and oxygen atoms in total. The van der Waals surface area contributed by atoms with Gasteiger partial charge in [0.25, 0.3) is 5.91 Å². The van der Waals surface area contributed by atoms with E-state index in [1.54, 1.807) is 6.92 Å². The van der Waals surface area contributed by atoms with Crippen molar-refractivity contribution < 1.29 is 23.8 Å². The summed E-state index contributed by atoms with van der Waals surface area (Å²) in [4.78, 5) is 23.6. The van der Waals surface area contributed by atoms with Crippen LogP contribution in [0, 0.1) is 11.8 Å². The number of carbonyl (C=O) groups is 2. The van der Waals surface area contributed by atoms with Crippen molar-refractivity contribution >= 4 is 11.9 Å². The highest BCUT2D eigenvalue weighted by Crippen LogP contribution is 2.24. The second-order valence-electron chi connectivity index (χ2n) is 6.50. The van der Waals surface area contributed by atoms with Crippen LogP contribution in [-0.4, -0.2) is 49.9 Å². The van der Waals surface area contributed by atoms with Gasteiger partial charge in [-0.2, -0.15) is 0 Å². The molecule has 1 aliphatic heterocycles. The molecule has 0 aliphatic carbocycles. The van der Waals surface area contributed by atoms with Crippen molar-refractivity contribution in [3.8, 4) is 0 Å². The molecular weight excluding hydrogens is 286 g/mol. The maximum Gasteiger partial charge on any atom is 0.338 e. The summed E-state index contributed by atoms with van der Waals surface area (Å²) in [5, 5.41) is 2.91. The van der Waals surface area contributed by atoms with E-state index in [2.05, 4.69) is 33.0 Å². The van der Waals surface area contributed by atoms with Crippen molar-refractivity contribution in [2.75, 3.05) is 19.8 Å². The van der Waals surface area contributed by atoms with E-state index in [0.29, 0.717) is 25.0 Å². The van der Waals surface area contributed by atoms with Crippen LogP contribution in [0.15, 0.2) is 0 Å². The van der Waals surface area contributed by atoms with Gasteiger partial charge < -0.3 is 19.5 Å². The van der Waals surface area contributed by atoms with Crippen LogP contribution in [0.4, 0.5) is 0 Å². The van der Waals surface area contributed by atoms with E-state index in [-0.39, 0.29) is 18.6 Å². The third-order valence-electron chi connectivity index (χ3n) is 3.14. The molecule has 1 rings (SSSR count). The average molecular weight is 315 g/mol. The van der Waals surface area contributed by atoms with Crippen molar-refractivity contribution in [1.29, 1.82) is 0 Å². The third kappa shape index (κ3) is 6.75. The monoisotopic (exact) mass is 315 g/mol. The Balaban J connectivity index is 2.41. The van der Waals surface area contributed by atoms with Gasteiger partial charge in [-0.25, -0.2) is 4.79 Å². The molecule has 1 fully saturated rings. The van der Waals surface area contributed by atoms with Gasteiger partial charge in [0.2, 0.25) is 0 Å². The van der Waals surface area contributed by atoms with E-state index in [1.807, 2.05) is 0 Å². The Morgan fingerprint density at radius 3 is 2.32 bits per heavy atom. The Hall–Kier alpha value is -1.14. The minimum absolute atomic E-state index is 0.0710. The minimum Gasteiger partial charge on any atom is -0.464 e. The first-order valence-electron chi connectivity index (χ1n) is 8.05. The first-order valence-corrected chi connectivity index (χ1v) is 8.05. The quantitative estimate of drug-likeness (QED) is 0.488. The summed E-state index contributed by atoms with van der Waals surface area (Å²) in [7, 11) is 0. The van der Waals surface area contributed by atoms with Crippen molar-refractivity contribution in [2.45, 2.75) is 59.3 Å². The molecular formula is C16H29NO5. The molecule has 0 aromatic carbocycles. The zero-order valence-corrected chi connectivity index (χ0v) is 14.3. The van der Waals surface area contributed by atoms with Gasteiger partial charge >= 0.3 is 5.97 Å². The lowest BCUT2D eigenvalue weighted by atomic mass is 10.0. The number of epoxide rings is 1. The van der Waals surface area contributed by atoms with Gasteiger partial charge in [-0.3, -0.25) is 4.79 Å². The summed E-state index contributed by atoms with van der Waals surface area (Å²) in [5.74, 6) is 0.153. The molecule has 22 heavy (non-hydrogen) atoms. The fourth-order valence-electron chi connectivity index (χ4n) is 2.18. The Morgan fingerprint density at radius 1 is 1.09 bits per heavy atom. The number of hydrogen-bond donors (Lipinski definition) is 1. The average Bonchev–Trinajstić information content (AvgIpc) is 3.17. The van der Waals surface area contributed by atoms with Gasteiger partial charge in [0.05, 0.1) is 19.3 Å². The van der Waals surface area contributed by atoms with E-state index in [9.17, 15) is 9.59 Å². The molecule has 1 unspecified atom stereocenters. The summed E-state index contributed by atoms with van der Waals surface area (Å²) >= 11 is 0. The van der Waals surface area contributed by atoms with Crippen LogP contribution in [0.2, 0.25) is 0 Å². The SMILES string of the molecule is CCOC(=O)C1O[C@@H]1C(=O)N[C@H](COCC(C)C)CC(C)C. The van der Waals surface area contributed by atoms with Crippen LogP contribution >= 0.6 is 0 Å². The summed E-state index contributed by atoms with van der Waals surface area (Å²) < 4.78 is 15.6. The fraction of sp³-hybridized carbons (Fsp3) is 0.875. The highest BCUT2D eigenvalue weighted by molar-refractivity contribution is 5.92. The maximum absolute atomic E-state index is 12.1. The molecule has 1 N–H and O–H groups in total. The Labute approximate surface area is 132 Å². The standard InChI is InChI=1S/C16H29NO5/c1-6-21-16(19)14-13(22-14)15(18)17-12(7-10(2)3)9-20-8-11(4)5/h10-14H,6-9H2,1-5H3,(H,17,18)/t12-,13-,14?/m0/s1. The second kappa shape index (κ2) is 9.10. The number of esters is 1. The van der Waals surface area contributed by atoms with Crippen LogP contribution < -0.4 is 5.32 Å². The largest absolute Gasteiger partial charge is 0.464 e. The summed E-state index contributed by atoms with van der Waals surface area (Å²) in [5.41, 5.74) is 0. The maximum atomic E-state index is 12.1. The molecule has 0 radical (unpaired) electrons. The van der Waals surface area contributed by atoms with E-state index in [0.717, 1.165) is 6.42 Å². The predicted molar refractivity (Wildman–Crippen MR) is 82.3 cm³/mol. The first kappa shape index (κ1) is 18.9. The summed E-state index contributed by atoms with van der Waals surface area (Å²) in [6.45, 7) is 11.5. The van der Waals surface area contributed by atoms with Crippen LogP contribution in [0.5, 0.6) is 0 Å². The van der Waals surface area contributed by atoms with Crippen LogP contribution in [0.3, 0.4) is 0 Å². The molecule has 0 spiro atoms. The molecule has 1 amide bonds. The van der Waals surface area contributed by atoms with Crippen molar-refractivity contribution in [1.82, 2.24) is 5.32 Å². The number of rotatable bonds is 10. The number of hydrogen-bond acceptors (Lipinski definition) is 5. The third-order valence-corrected chi connectivity index (χ3v) is 3.14. The molecule has 1 saturated heterocycles. The zero-order valence-electron chi connectivity index (χ0n) is 14.3. The van der Waals surface area contributed by atoms with E-state index in [1.165, 1.54) is 0 Å². The molecule has 3 atom stereocenters. The number of nitrogens with one attached hydrogen (secondary N) is 1. The van der Waals surface area contributed by atoms with Crippen molar-refractivity contribution in [3.05, 3.63) is 0 Å². The normalized spacial score (nSPS) is 21.8. The molecule has 0 aromatic heterocycles. The predicted octanol–water partition coefficient (Wildman–Crippen LogP) is 1.52. The van der Waals surface area contributed by atoms with E-state index >= 15 is 0 Å². The van der Waals surface area contributed by atoms with Gasteiger partial charge in [-0.1, -0.05) is 27.7 Å². The Bertz CT molecular complexity index is 370. The molecule has 0 saturated carbocycles. The van der Waals surface area contributed by atoms with E-state index < -0.39 is 18.2 Å². The summed E-state index contributed by atoms with van der Waals surface area (Å²) in [6.07, 6.45) is -0.657. The molecule has 0 aromatic rings. The lowest BCUT2D eigenvalue weighted by molar-refractivity contribution is -0.144. The fourth-order valence-corrected chi connectivity index (χ4v) is 2.18. The highest BCUT2D eigenvalue weighted by Gasteiger charge is 2.51. The van der Waals surface area contributed by atoms with Gasteiger partial charge in [0.15, 0.2) is 12.2 Å². The van der Waals surface area contributed by atoms with Crippen molar-refractivity contribution in [3.63, 3.8) is 0 Å². The molecule has 1 aliphatic rings. The smallest absolute Gasteiger partial charge is 0.338 e. The first-order chi connectivity index (χ1) is 10.3. The molecule has 128 valence electrons. The van der Waals surface area contributed by atoms with Crippen LogP contribution in [-0.2, 0) is 23.8 Å². The molecule has 1 heterocycles. The van der Waals surface area contributed by atoms with Crippen LogP contribution in [0.25, 0.3) is 0 Å². The molecule has 0 bridgehead atoms. The molecule has 6 heteroatoms. The number of ether oxygens (including phenoxy) is 3. The minimum atomic E-state index is -0.753. The summed E-state index contributed by atoms with van der Waals surface area (Å²) in [6, 6.07) is -0.0710.